The van der Waals surface area contributed by atoms with Crippen LogP contribution >= 0.6 is 0 Å². The molecule has 0 spiro atoms. The highest BCUT2D eigenvalue weighted by molar-refractivity contribution is 4.92. The molecule has 0 atom stereocenters. The van der Waals surface area contributed by atoms with E-state index in [1.807, 2.05) is 0 Å². The highest BCUT2D eigenvalue weighted by Gasteiger charge is 2.13. The van der Waals surface area contributed by atoms with E-state index in [-0.39, 0.29) is 0 Å². The summed E-state index contributed by atoms with van der Waals surface area (Å²) in [6.45, 7) is 3.14. The number of hydrogen-bond donors (Lipinski definition) is 1. The van der Waals surface area contributed by atoms with Gasteiger partial charge in [-0.2, -0.15) is 5.48 Å². The zero-order valence-corrected chi connectivity index (χ0v) is 16.8. The van der Waals surface area contributed by atoms with Crippen LogP contribution < -0.4 is 5.48 Å². The summed E-state index contributed by atoms with van der Waals surface area (Å²) >= 11 is 0. The van der Waals surface area contributed by atoms with Crippen LogP contribution in [0.15, 0.2) is 24.3 Å². The molecule has 1 fully saturated rings. The molecule has 1 aliphatic carbocycles. The number of unbranched alkanes of at least 4 members (excludes halogenated alkanes) is 9. The third-order valence-corrected chi connectivity index (χ3v) is 5.05. The first-order chi connectivity index (χ1) is 12.4. The van der Waals surface area contributed by atoms with Crippen LogP contribution in [0.2, 0.25) is 0 Å². The van der Waals surface area contributed by atoms with Crippen LogP contribution in [0.25, 0.3) is 0 Å². The largest absolute Gasteiger partial charge is 0.302 e. The van der Waals surface area contributed by atoms with Gasteiger partial charge >= 0.3 is 0 Å². The average Bonchev–Trinajstić information content (AvgIpc) is 3.14. The van der Waals surface area contributed by atoms with Crippen molar-refractivity contribution in [1.82, 2.24) is 5.48 Å². The third kappa shape index (κ3) is 15.4. The second kappa shape index (κ2) is 18.2. The Morgan fingerprint density at radius 2 is 1.36 bits per heavy atom. The van der Waals surface area contributed by atoms with Gasteiger partial charge in [-0.1, -0.05) is 82.6 Å². The van der Waals surface area contributed by atoms with Crippen molar-refractivity contribution in [2.75, 3.05) is 6.61 Å². The number of hydrogen-bond acceptors (Lipinski definition) is 2. The molecule has 0 radical (unpaired) electrons. The average molecular weight is 350 g/mol. The van der Waals surface area contributed by atoms with Crippen LogP contribution in [0.4, 0.5) is 0 Å². The number of allylic oxidation sites excluding steroid dienone is 4. The van der Waals surface area contributed by atoms with Gasteiger partial charge in [0, 0.05) is 6.04 Å². The maximum atomic E-state index is 5.57. The first-order valence-electron chi connectivity index (χ1n) is 11.1. The van der Waals surface area contributed by atoms with E-state index in [1.165, 1.54) is 96.3 Å². The van der Waals surface area contributed by atoms with Crippen molar-refractivity contribution in [2.24, 2.45) is 0 Å². The van der Waals surface area contributed by atoms with Gasteiger partial charge in [-0.05, 0) is 51.4 Å². The maximum absolute atomic E-state index is 5.57. The van der Waals surface area contributed by atoms with Gasteiger partial charge in [-0.15, -0.1) is 0 Å². The van der Waals surface area contributed by atoms with Gasteiger partial charge in [0.2, 0.25) is 0 Å². The number of hydroxylamine groups is 1. The fourth-order valence-corrected chi connectivity index (χ4v) is 3.38. The number of nitrogens with one attached hydrogen (secondary N) is 1. The normalized spacial score (nSPS) is 15.9. The van der Waals surface area contributed by atoms with Crippen molar-refractivity contribution >= 4 is 0 Å². The van der Waals surface area contributed by atoms with E-state index >= 15 is 0 Å². The van der Waals surface area contributed by atoms with Crippen molar-refractivity contribution < 1.29 is 4.84 Å². The van der Waals surface area contributed by atoms with Crippen LogP contribution in [0.1, 0.15) is 110 Å². The topological polar surface area (TPSA) is 21.3 Å². The zero-order valence-electron chi connectivity index (χ0n) is 16.8. The lowest BCUT2D eigenvalue weighted by Crippen LogP contribution is -2.26. The SMILES string of the molecule is CCCCC/C=C\C/C=C\CCCCCCCCONC1CCCC1. The summed E-state index contributed by atoms with van der Waals surface area (Å²) in [6, 6.07) is 0.629. The van der Waals surface area contributed by atoms with Crippen molar-refractivity contribution in [1.29, 1.82) is 0 Å². The zero-order chi connectivity index (χ0) is 17.8. The minimum absolute atomic E-state index is 0.629. The summed E-state index contributed by atoms with van der Waals surface area (Å²) < 4.78 is 0. The quantitative estimate of drug-likeness (QED) is 0.169. The van der Waals surface area contributed by atoms with E-state index in [0.717, 1.165) is 13.0 Å². The lowest BCUT2D eigenvalue weighted by atomic mass is 10.1. The van der Waals surface area contributed by atoms with E-state index in [1.54, 1.807) is 0 Å². The molecule has 0 unspecified atom stereocenters. The van der Waals surface area contributed by atoms with Crippen LogP contribution in [-0.4, -0.2) is 12.6 Å². The molecule has 0 saturated heterocycles. The van der Waals surface area contributed by atoms with E-state index in [0.29, 0.717) is 6.04 Å². The molecule has 0 bridgehead atoms. The van der Waals surface area contributed by atoms with Crippen molar-refractivity contribution in [2.45, 2.75) is 116 Å². The second-order valence-electron chi connectivity index (χ2n) is 7.53. The van der Waals surface area contributed by atoms with Gasteiger partial charge in [0.05, 0.1) is 6.61 Å². The predicted octanol–water partition coefficient (Wildman–Crippen LogP) is 7.26. The fraction of sp³-hybridized carbons (Fsp3) is 0.826. The van der Waals surface area contributed by atoms with E-state index in [2.05, 4.69) is 36.7 Å². The molecule has 146 valence electrons. The van der Waals surface area contributed by atoms with E-state index in [9.17, 15) is 0 Å². The second-order valence-corrected chi connectivity index (χ2v) is 7.53. The molecule has 1 saturated carbocycles. The molecule has 25 heavy (non-hydrogen) atoms. The molecule has 0 amide bonds. The van der Waals surface area contributed by atoms with Crippen LogP contribution in [0.5, 0.6) is 0 Å². The predicted molar refractivity (Wildman–Crippen MR) is 111 cm³/mol. The van der Waals surface area contributed by atoms with Gasteiger partial charge in [0.15, 0.2) is 0 Å². The molecular formula is C23H43NO. The number of rotatable bonds is 17. The van der Waals surface area contributed by atoms with Crippen molar-refractivity contribution in [3.63, 3.8) is 0 Å². The van der Waals surface area contributed by atoms with Crippen molar-refractivity contribution in [3.8, 4) is 0 Å². The molecule has 0 aromatic heterocycles. The summed E-state index contributed by atoms with van der Waals surface area (Å²) in [6.07, 6.45) is 30.3. The Labute approximate surface area is 157 Å². The summed E-state index contributed by atoms with van der Waals surface area (Å²) in [5, 5.41) is 0. The molecular weight excluding hydrogens is 306 g/mol. The smallest absolute Gasteiger partial charge is 0.0682 e. The van der Waals surface area contributed by atoms with Gasteiger partial charge in [0.1, 0.15) is 0 Å². The third-order valence-electron chi connectivity index (χ3n) is 5.05. The maximum Gasteiger partial charge on any atom is 0.0682 e. The van der Waals surface area contributed by atoms with Crippen LogP contribution in [0.3, 0.4) is 0 Å². The minimum atomic E-state index is 0.629. The molecule has 0 aromatic carbocycles. The first kappa shape index (κ1) is 22.4. The van der Waals surface area contributed by atoms with Gasteiger partial charge in [0.25, 0.3) is 0 Å². The Morgan fingerprint density at radius 3 is 2.04 bits per heavy atom. The highest BCUT2D eigenvalue weighted by atomic mass is 16.6. The Balaban J connectivity index is 1.71. The molecule has 0 heterocycles. The molecule has 2 nitrogen and oxygen atoms in total. The Kier molecular flexibility index (Phi) is 16.3. The monoisotopic (exact) mass is 349 g/mol. The Hall–Kier alpha value is -0.600. The van der Waals surface area contributed by atoms with Crippen LogP contribution in [-0.2, 0) is 4.84 Å². The van der Waals surface area contributed by atoms with Crippen LogP contribution in [0, 0.1) is 0 Å². The van der Waals surface area contributed by atoms with E-state index in [4.69, 9.17) is 4.84 Å². The lowest BCUT2D eigenvalue weighted by molar-refractivity contribution is 0.0153. The summed E-state index contributed by atoms with van der Waals surface area (Å²) in [7, 11) is 0. The Morgan fingerprint density at radius 1 is 0.760 bits per heavy atom. The molecule has 0 aliphatic heterocycles. The summed E-state index contributed by atoms with van der Waals surface area (Å²) in [4.78, 5) is 5.57. The molecule has 2 heteroatoms. The Bertz CT molecular complexity index is 318. The van der Waals surface area contributed by atoms with Crippen molar-refractivity contribution in [3.05, 3.63) is 24.3 Å². The fourth-order valence-electron chi connectivity index (χ4n) is 3.38. The van der Waals surface area contributed by atoms with Gasteiger partial charge in [-0.25, -0.2) is 0 Å². The molecule has 1 aliphatic rings. The van der Waals surface area contributed by atoms with E-state index < -0.39 is 0 Å². The van der Waals surface area contributed by atoms with Gasteiger partial charge < -0.3 is 4.84 Å². The lowest BCUT2D eigenvalue weighted by Gasteiger charge is -2.11. The molecule has 0 aromatic rings. The summed E-state index contributed by atoms with van der Waals surface area (Å²) in [5.74, 6) is 0. The standard InChI is InChI=1S/C23H43NO/c1-2-3-4-5-6-7-8-9-10-11-12-13-14-15-16-19-22-25-24-23-20-17-18-21-23/h6-7,9-10,23-24H,2-5,8,11-22H2,1H3/b7-6-,10-9-. The highest BCUT2D eigenvalue weighted by Crippen LogP contribution is 2.17. The van der Waals surface area contributed by atoms with Gasteiger partial charge in [-0.3, -0.25) is 0 Å². The first-order valence-corrected chi connectivity index (χ1v) is 11.1. The minimum Gasteiger partial charge on any atom is -0.302 e. The summed E-state index contributed by atoms with van der Waals surface area (Å²) in [5.41, 5.74) is 3.22. The molecule has 1 rings (SSSR count). The molecule has 1 N–H and O–H groups in total.